The molecule has 1 N–H and O–H groups in total. The average Bonchev–Trinajstić information content (AvgIpc) is 2.43. The topological polar surface area (TPSA) is 30.5 Å². The number of likely N-dealkylation sites (N-methyl/N-ethyl adjacent to an activating group) is 1. The fourth-order valence-electron chi connectivity index (χ4n) is 2.96. The molecule has 1 heterocycles. The molecule has 0 aromatic heterocycles. The van der Waals surface area contributed by atoms with Gasteiger partial charge in [0.2, 0.25) is 0 Å². The highest BCUT2D eigenvalue weighted by Gasteiger charge is 2.42. The summed E-state index contributed by atoms with van der Waals surface area (Å²) >= 11 is 5.83. The Kier molecular flexibility index (Phi) is 5.38. The zero-order chi connectivity index (χ0) is 14.6. The minimum absolute atomic E-state index is 0.219. The molecule has 3 nitrogen and oxygen atoms in total. The number of hydrogen-bond donors (Lipinski definition) is 1. The first-order valence-corrected chi connectivity index (χ1v) is 7.34. The van der Waals surface area contributed by atoms with Gasteiger partial charge in [0.25, 0.3) is 0 Å². The summed E-state index contributed by atoms with van der Waals surface area (Å²) in [5.41, 5.74) is 0.156. The molecule has 1 fully saturated rings. The smallest absolute Gasteiger partial charge is 0.129 e. The van der Waals surface area contributed by atoms with Crippen LogP contribution < -0.4 is 5.32 Å². The van der Waals surface area contributed by atoms with E-state index in [0.717, 1.165) is 12.8 Å². The van der Waals surface area contributed by atoms with Crippen molar-refractivity contribution in [3.8, 4) is 0 Å². The molecular formula is C15H21ClFNO2. The van der Waals surface area contributed by atoms with Crippen LogP contribution >= 0.6 is 11.6 Å². The summed E-state index contributed by atoms with van der Waals surface area (Å²) in [6.07, 6.45) is 1.49. The lowest BCUT2D eigenvalue weighted by Gasteiger charge is -2.43. The quantitative estimate of drug-likeness (QED) is 0.905. The first kappa shape index (κ1) is 15.7. The number of benzene rings is 1. The highest BCUT2D eigenvalue weighted by Crippen LogP contribution is 2.39. The van der Waals surface area contributed by atoms with E-state index in [0.29, 0.717) is 30.4 Å². The van der Waals surface area contributed by atoms with E-state index in [1.165, 1.54) is 6.07 Å². The Morgan fingerprint density at radius 3 is 2.70 bits per heavy atom. The normalized spacial score (nSPS) is 19.8. The van der Waals surface area contributed by atoms with E-state index >= 15 is 0 Å². The van der Waals surface area contributed by atoms with Crippen LogP contribution in [-0.2, 0) is 9.47 Å². The van der Waals surface area contributed by atoms with Gasteiger partial charge in [-0.3, -0.25) is 0 Å². The second-order valence-electron chi connectivity index (χ2n) is 5.00. The summed E-state index contributed by atoms with van der Waals surface area (Å²) in [6.45, 7) is 3.82. The van der Waals surface area contributed by atoms with E-state index in [1.54, 1.807) is 12.1 Å². The van der Waals surface area contributed by atoms with Crippen molar-refractivity contribution in [1.29, 1.82) is 0 Å². The van der Waals surface area contributed by atoms with Crippen LogP contribution in [0.2, 0.25) is 5.02 Å². The van der Waals surface area contributed by atoms with Gasteiger partial charge in [0.15, 0.2) is 0 Å². The zero-order valence-electron chi connectivity index (χ0n) is 11.9. The Morgan fingerprint density at radius 1 is 1.45 bits per heavy atom. The molecule has 0 spiro atoms. The molecule has 1 atom stereocenters. The van der Waals surface area contributed by atoms with Crippen molar-refractivity contribution in [2.24, 2.45) is 0 Å². The predicted octanol–water partition coefficient (Wildman–Crippen LogP) is 3.33. The molecule has 1 saturated heterocycles. The number of nitrogens with one attached hydrogen (secondary N) is 1. The lowest BCUT2D eigenvalue weighted by atomic mass is 9.82. The number of hydrogen-bond acceptors (Lipinski definition) is 3. The molecule has 0 aliphatic carbocycles. The van der Waals surface area contributed by atoms with Crippen molar-refractivity contribution >= 4 is 11.6 Å². The van der Waals surface area contributed by atoms with Crippen molar-refractivity contribution < 1.29 is 13.9 Å². The molecule has 1 unspecified atom stereocenters. The number of ether oxygens (including phenoxy) is 2. The van der Waals surface area contributed by atoms with Gasteiger partial charge >= 0.3 is 0 Å². The standard InChI is InChI=1S/C15H21ClFNO2/c1-3-20-15(6-8-19-9-7-15)14(18-2)12-5-4-11(16)10-13(12)17/h4-5,10,14,18H,3,6-9H2,1-2H3. The monoisotopic (exact) mass is 301 g/mol. The fourth-order valence-corrected chi connectivity index (χ4v) is 3.12. The SMILES string of the molecule is CCOC1(C(NC)c2ccc(Cl)cc2F)CCOCC1. The summed E-state index contributed by atoms with van der Waals surface area (Å²) in [4.78, 5) is 0. The molecule has 1 aliphatic rings. The maximum Gasteiger partial charge on any atom is 0.129 e. The molecule has 112 valence electrons. The first-order chi connectivity index (χ1) is 9.63. The maximum atomic E-state index is 14.2. The lowest BCUT2D eigenvalue weighted by Crippen LogP contribution is -2.49. The molecule has 1 aromatic rings. The lowest BCUT2D eigenvalue weighted by molar-refractivity contribution is -0.127. The third-order valence-electron chi connectivity index (χ3n) is 3.86. The van der Waals surface area contributed by atoms with Gasteiger partial charge in [-0.2, -0.15) is 0 Å². The van der Waals surface area contributed by atoms with Crippen molar-refractivity contribution in [2.75, 3.05) is 26.9 Å². The van der Waals surface area contributed by atoms with Crippen LogP contribution in [0.5, 0.6) is 0 Å². The fraction of sp³-hybridized carbons (Fsp3) is 0.600. The third-order valence-corrected chi connectivity index (χ3v) is 4.09. The van der Waals surface area contributed by atoms with Gasteiger partial charge in [0, 0.05) is 43.2 Å². The van der Waals surface area contributed by atoms with E-state index in [-0.39, 0.29) is 11.9 Å². The number of rotatable bonds is 5. The second-order valence-corrected chi connectivity index (χ2v) is 5.43. The van der Waals surface area contributed by atoms with E-state index in [4.69, 9.17) is 21.1 Å². The van der Waals surface area contributed by atoms with Crippen molar-refractivity contribution in [2.45, 2.75) is 31.4 Å². The highest BCUT2D eigenvalue weighted by molar-refractivity contribution is 6.30. The summed E-state index contributed by atoms with van der Waals surface area (Å²) in [5.74, 6) is -0.303. The van der Waals surface area contributed by atoms with Crippen molar-refractivity contribution in [3.05, 3.63) is 34.6 Å². The first-order valence-electron chi connectivity index (χ1n) is 6.97. The van der Waals surface area contributed by atoms with Crippen LogP contribution in [0.4, 0.5) is 4.39 Å². The van der Waals surface area contributed by atoms with Gasteiger partial charge in [-0.15, -0.1) is 0 Å². The Balaban J connectivity index is 2.37. The van der Waals surface area contributed by atoms with E-state index < -0.39 is 5.60 Å². The van der Waals surface area contributed by atoms with E-state index in [1.807, 2.05) is 14.0 Å². The molecule has 0 amide bonds. The molecule has 0 radical (unpaired) electrons. The van der Waals surface area contributed by atoms with Gasteiger partial charge in [-0.25, -0.2) is 4.39 Å². The molecule has 1 aliphatic heterocycles. The van der Waals surface area contributed by atoms with Crippen LogP contribution in [0.15, 0.2) is 18.2 Å². The minimum atomic E-state index is -0.434. The summed E-state index contributed by atoms with van der Waals surface area (Å²) in [6, 6.07) is 4.57. The van der Waals surface area contributed by atoms with Crippen LogP contribution in [0.1, 0.15) is 31.4 Å². The Hall–Kier alpha value is -0.680. The van der Waals surface area contributed by atoms with Gasteiger partial charge in [-0.05, 0) is 26.1 Å². The van der Waals surface area contributed by atoms with Gasteiger partial charge in [-0.1, -0.05) is 17.7 Å². The van der Waals surface area contributed by atoms with Crippen LogP contribution in [0, 0.1) is 5.82 Å². The molecule has 0 bridgehead atoms. The highest BCUT2D eigenvalue weighted by atomic mass is 35.5. The second kappa shape index (κ2) is 6.85. The van der Waals surface area contributed by atoms with Crippen molar-refractivity contribution in [1.82, 2.24) is 5.32 Å². The minimum Gasteiger partial charge on any atom is -0.381 e. The van der Waals surface area contributed by atoms with Crippen molar-refractivity contribution in [3.63, 3.8) is 0 Å². The zero-order valence-corrected chi connectivity index (χ0v) is 12.7. The predicted molar refractivity (Wildman–Crippen MR) is 77.6 cm³/mol. The van der Waals surface area contributed by atoms with Gasteiger partial charge in [0.1, 0.15) is 5.82 Å². The Morgan fingerprint density at radius 2 is 2.15 bits per heavy atom. The average molecular weight is 302 g/mol. The largest absolute Gasteiger partial charge is 0.381 e. The van der Waals surface area contributed by atoms with Crippen LogP contribution in [-0.4, -0.2) is 32.5 Å². The molecule has 1 aromatic carbocycles. The van der Waals surface area contributed by atoms with Gasteiger partial charge < -0.3 is 14.8 Å². The molecular weight excluding hydrogens is 281 g/mol. The molecule has 5 heteroatoms. The summed E-state index contributed by atoms with van der Waals surface area (Å²) in [7, 11) is 1.83. The van der Waals surface area contributed by atoms with Crippen LogP contribution in [0.25, 0.3) is 0 Å². The molecule has 0 saturated carbocycles. The Labute approximate surface area is 124 Å². The summed E-state index contributed by atoms with van der Waals surface area (Å²) < 4.78 is 25.7. The van der Waals surface area contributed by atoms with Gasteiger partial charge in [0.05, 0.1) is 11.6 Å². The number of halogens is 2. The van der Waals surface area contributed by atoms with Crippen LogP contribution in [0.3, 0.4) is 0 Å². The van der Waals surface area contributed by atoms with E-state index in [9.17, 15) is 4.39 Å². The molecule has 20 heavy (non-hydrogen) atoms. The summed E-state index contributed by atoms with van der Waals surface area (Å²) in [5, 5.41) is 3.61. The Bertz CT molecular complexity index is 444. The molecule has 2 rings (SSSR count). The third kappa shape index (κ3) is 3.14. The maximum absolute atomic E-state index is 14.2. The van der Waals surface area contributed by atoms with E-state index in [2.05, 4.69) is 5.32 Å².